The Morgan fingerprint density at radius 2 is 2.21 bits per heavy atom. The van der Waals surface area contributed by atoms with E-state index < -0.39 is 0 Å². The van der Waals surface area contributed by atoms with Crippen LogP contribution in [0, 0.1) is 0 Å². The van der Waals surface area contributed by atoms with Crippen LogP contribution in [0.5, 0.6) is 11.5 Å². The van der Waals surface area contributed by atoms with Crippen LogP contribution in [0.3, 0.4) is 0 Å². The first-order chi connectivity index (χ1) is 11.6. The molecule has 0 aliphatic rings. The van der Waals surface area contributed by atoms with E-state index in [1.54, 1.807) is 36.6 Å². The SMILES string of the molecule is COc1cc(C(=O)NCc2cn3ccsc3n2)ccc1OC(C)C. The van der Waals surface area contributed by atoms with Crippen LogP contribution in [0.4, 0.5) is 0 Å². The van der Waals surface area contributed by atoms with Gasteiger partial charge in [0.05, 0.1) is 25.5 Å². The minimum Gasteiger partial charge on any atom is -0.493 e. The summed E-state index contributed by atoms with van der Waals surface area (Å²) in [4.78, 5) is 17.7. The molecule has 126 valence electrons. The maximum atomic E-state index is 12.3. The highest BCUT2D eigenvalue weighted by Crippen LogP contribution is 2.29. The first-order valence-electron chi connectivity index (χ1n) is 7.61. The van der Waals surface area contributed by atoms with Crippen LogP contribution in [0.1, 0.15) is 29.9 Å². The highest BCUT2D eigenvalue weighted by molar-refractivity contribution is 7.15. The molecule has 1 amide bonds. The maximum Gasteiger partial charge on any atom is 0.251 e. The predicted molar refractivity (Wildman–Crippen MR) is 93.0 cm³/mol. The number of carbonyl (C=O) groups excluding carboxylic acids is 1. The van der Waals surface area contributed by atoms with Gasteiger partial charge in [0.25, 0.3) is 5.91 Å². The van der Waals surface area contributed by atoms with Crippen molar-refractivity contribution >= 4 is 22.2 Å². The Bertz CT molecular complexity index is 825. The van der Waals surface area contributed by atoms with Crippen molar-refractivity contribution in [3.63, 3.8) is 0 Å². The van der Waals surface area contributed by atoms with E-state index >= 15 is 0 Å². The van der Waals surface area contributed by atoms with Crippen LogP contribution in [-0.2, 0) is 6.54 Å². The molecular weight excluding hydrogens is 326 g/mol. The van der Waals surface area contributed by atoms with Crippen molar-refractivity contribution in [1.29, 1.82) is 0 Å². The quantitative estimate of drug-likeness (QED) is 0.745. The minimum atomic E-state index is -0.180. The summed E-state index contributed by atoms with van der Waals surface area (Å²) in [6.45, 7) is 4.26. The van der Waals surface area contributed by atoms with Gasteiger partial charge in [-0.25, -0.2) is 4.98 Å². The van der Waals surface area contributed by atoms with Gasteiger partial charge in [0, 0.05) is 23.3 Å². The number of ether oxygens (including phenoxy) is 2. The van der Waals surface area contributed by atoms with E-state index in [-0.39, 0.29) is 12.0 Å². The molecule has 0 fully saturated rings. The monoisotopic (exact) mass is 345 g/mol. The Morgan fingerprint density at radius 3 is 2.92 bits per heavy atom. The van der Waals surface area contributed by atoms with Crippen molar-refractivity contribution < 1.29 is 14.3 Å². The second-order valence-electron chi connectivity index (χ2n) is 5.54. The molecule has 0 spiro atoms. The molecule has 0 radical (unpaired) electrons. The van der Waals surface area contributed by atoms with Gasteiger partial charge in [-0.3, -0.25) is 9.20 Å². The fourth-order valence-electron chi connectivity index (χ4n) is 2.29. The Balaban J connectivity index is 1.68. The second-order valence-corrected chi connectivity index (χ2v) is 6.41. The Kier molecular flexibility index (Phi) is 4.71. The molecule has 0 aliphatic carbocycles. The molecule has 6 nitrogen and oxygen atoms in total. The zero-order chi connectivity index (χ0) is 17.1. The van der Waals surface area contributed by atoms with Gasteiger partial charge in [-0.2, -0.15) is 0 Å². The molecule has 0 saturated heterocycles. The number of hydrogen-bond acceptors (Lipinski definition) is 5. The molecule has 24 heavy (non-hydrogen) atoms. The topological polar surface area (TPSA) is 64.9 Å². The molecule has 2 aromatic heterocycles. The number of imidazole rings is 1. The average molecular weight is 345 g/mol. The van der Waals surface area contributed by atoms with E-state index in [2.05, 4.69) is 10.3 Å². The van der Waals surface area contributed by atoms with E-state index in [9.17, 15) is 4.79 Å². The van der Waals surface area contributed by atoms with Crippen molar-refractivity contribution in [2.24, 2.45) is 0 Å². The van der Waals surface area contributed by atoms with E-state index in [1.807, 2.05) is 36.0 Å². The van der Waals surface area contributed by atoms with Crippen molar-refractivity contribution in [3.05, 3.63) is 47.2 Å². The first-order valence-corrected chi connectivity index (χ1v) is 8.48. The number of carbonyl (C=O) groups is 1. The lowest BCUT2D eigenvalue weighted by molar-refractivity contribution is 0.0950. The number of nitrogens with zero attached hydrogens (tertiary/aromatic N) is 2. The predicted octanol–water partition coefficient (Wildman–Crippen LogP) is 3.12. The summed E-state index contributed by atoms with van der Waals surface area (Å²) in [5.74, 6) is 0.984. The number of aromatic nitrogens is 2. The number of fused-ring (bicyclic) bond motifs is 1. The third-order valence-corrected chi connectivity index (χ3v) is 4.13. The van der Waals surface area contributed by atoms with Gasteiger partial charge in [-0.1, -0.05) is 0 Å². The molecule has 1 N–H and O–H groups in total. The summed E-state index contributed by atoms with van der Waals surface area (Å²) in [5, 5.41) is 4.84. The summed E-state index contributed by atoms with van der Waals surface area (Å²) in [5.41, 5.74) is 1.34. The van der Waals surface area contributed by atoms with Gasteiger partial charge in [0.2, 0.25) is 0 Å². The molecule has 0 unspecified atom stereocenters. The molecule has 2 heterocycles. The first kappa shape index (κ1) is 16.3. The van der Waals surface area contributed by atoms with Gasteiger partial charge in [-0.15, -0.1) is 11.3 Å². The van der Waals surface area contributed by atoms with Crippen LogP contribution in [0.15, 0.2) is 36.0 Å². The number of rotatable bonds is 6. The number of methoxy groups -OCH3 is 1. The van der Waals surface area contributed by atoms with E-state index in [0.717, 1.165) is 10.7 Å². The normalized spacial score (nSPS) is 11.0. The number of amides is 1. The lowest BCUT2D eigenvalue weighted by Gasteiger charge is -2.14. The maximum absolute atomic E-state index is 12.3. The van der Waals surface area contributed by atoms with Gasteiger partial charge in [-0.05, 0) is 32.0 Å². The van der Waals surface area contributed by atoms with Gasteiger partial charge >= 0.3 is 0 Å². The molecule has 0 saturated carbocycles. The lowest BCUT2D eigenvalue weighted by Crippen LogP contribution is -2.23. The Morgan fingerprint density at radius 1 is 1.38 bits per heavy atom. The highest BCUT2D eigenvalue weighted by atomic mass is 32.1. The van der Waals surface area contributed by atoms with Crippen molar-refractivity contribution in [2.45, 2.75) is 26.5 Å². The van der Waals surface area contributed by atoms with Crippen LogP contribution < -0.4 is 14.8 Å². The van der Waals surface area contributed by atoms with Crippen LogP contribution in [-0.4, -0.2) is 28.5 Å². The average Bonchev–Trinajstić information content (AvgIpc) is 3.13. The molecule has 3 rings (SSSR count). The largest absolute Gasteiger partial charge is 0.493 e. The highest BCUT2D eigenvalue weighted by Gasteiger charge is 2.12. The molecule has 0 bridgehead atoms. The van der Waals surface area contributed by atoms with Crippen molar-refractivity contribution in [3.8, 4) is 11.5 Å². The number of benzene rings is 1. The number of thiazole rings is 1. The summed E-state index contributed by atoms with van der Waals surface area (Å²) in [7, 11) is 1.56. The second kappa shape index (κ2) is 6.92. The third-order valence-electron chi connectivity index (χ3n) is 3.36. The summed E-state index contributed by atoms with van der Waals surface area (Å²) in [6, 6.07) is 5.15. The summed E-state index contributed by atoms with van der Waals surface area (Å²) >= 11 is 1.56. The molecular formula is C17H19N3O3S. The van der Waals surface area contributed by atoms with Crippen molar-refractivity contribution in [2.75, 3.05) is 7.11 Å². The van der Waals surface area contributed by atoms with E-state index in [1.165, 1.54) is 0 Å². The van der Waals surface area contributed by atoms with E-state index in [4.69, 9.17) is 9.47 Å². The fourth-order valence-corrected chi connectivity index (χ4v) is 3.01. The third kappa shape index (κ3) is 3.51. The molecule has 1 aromatic carbocycles. The van der Waals surface area contributed by atoms with Gasteiger partial charge < -0.3 is 14.8 Å². The number of hydrogen-bond donors (Lipinski definition) is 1. The standard InChI is InChI=1S/C17H19N3O3S/c1-11(2)23-14-5-4-12(8-15(14)22-3)16(21)18-9-13-10-20-6-7-24-17(20)19-13/h4-8,10-11H,9H2,1-3H3,(H,18,21). The minimum absolute atomic E-state index is 0.0355. The summed E-state index contributed by atoms with van der Waals surface area (Å²) < 4.78 is 12.9. The van der Waals surface area contributed by atoms with Crippen LogP contribution in [0.25, 0.3) is 4.96 Å². The molecule has 7 heteroatoms. The fraction of sp³-hybridized carbons (Fsp3) is 0.294. The Hall–Kier alpha value is -2.54. The zero-order valence-electron chi connectivity index (χ0n) is 13.8. The Labute approximate surface area is 144 Å². The van der Waals surface area contributed by atoms with E-state index in [0.29, 0.717) is 23.6 Å². The molecule has 0 aliphatic heterocycles. The van der Waals surface area contributed by atoms with Gasteiger partial charge in [0.15, 0.2) is 16.5 Å². The van der Waals surface area contributed by atoms with Crippen molar-refractivity contribution in [1.82, 2.24) is 14.7 Å². The smallest absolute Gasteiger partial charge is 0.251 e. The molecule has 0 atom stereocenters. The number of nitrogens with one attached hydrogen (secondary N) is 1. The zero-order valence-corrected chi connectivity index (χ0v) is 14.6. The van der Waals surface area contributed by atoms with Crippen LogP contribution in [0.2, 0.25) is 0 Å². The lowest BCUT2D eigenvalue weighted by atomic mass is 10.2. The molecule has 3 aromatic rings. The van der Waals surface area contributed by atoms with Crippen LogP contribution >= 0.6 is 11.3 Å². The van der Waals surface area contributed by atoms with Gasteiger partial charge in [0.1, 0.15) is 0 Å². The summed E-state index contributed by atoms with van der Waals surface area (Å²) in [6.07, 6.45) is 3.89.